The van der Waals surface area contributed by atoms with Crippen LogP contribution >= 0.6 is 11.6 Å². The molecule has 0 aliphatic carbocycles. The number of fused-ring (bicyclic) bond motifs is 1. The van der Waals surface area contributed by atoms with E-state index >= 15 is 0 Å². The van der Waals surface area contributed by atoms with Gasteiger partial charge in [0.25, 0.3) is 5.91 Å². The van der Waals surface area contributed by atoms with E-state index in [0.717, 1.165) is 36.8 Å². The molecule has 31 heavy (non-hydrogen) atoms. The van der Waals surface area contributed by atoms with Gasteiger partial charge in [-0.25, -0.2) is 18.9 Å². The van der Waals surface area contributed by atoms with Crippen LogP contribution in [-0.4, -0.2) is 56.5 Å². The van der Waals surface area contributed by atoms with Crippen molar-refractivity contribution in [3.8, 4) is 5.88 Å². The number of likely N-dealkylation sites (tertiary alicyclic amines) is 1. The third kappa shape index (κ3) is 4.62. The Bertz CT molecular complexity index is 1080. The monoisotopic (exact) mass is 446 g/mol. The molecular weight excluding hydrogens is 423 g/mol. The van der Waals surface area contributed by atoms with Crippen LogP contribution in [0.4, 0.5) is 4.39 Å². The number of nitrogens with one attached hydrogen (secondary N) is 1. The largest absolute Gasteiger partial charge is 0.481 e. The molecule has 1 fully saturated rings. The number of rotatable bonds is 8. The van der Waals surface area contributed by atoms with E-state index in [1.165, 1.54) is 19.4 Å². The molecule has 4 heterocycles. The van der Waals surface area contributed by atoms with Crippen molar-refractivity contribution < 1.29 is 13.9 Å². The molecule has 164 valence electrons. The van der Waals surface area contributed by atoms with Gasteiger partial charge in [0.1, 0.15) is 11.4 Å². The van der Waals surface area contributed by atoms with Crippen LogP contribution in [0.15, 0.2) is 30.7 Å². The Balaban J connectivity index is 1.56. The summed E-state index contributed by atoms with van der Waals surface area (Å²) in [7, 11) is 1.54. The van der Waals surface area contributed by atoms with E-state index in [-0.39, 0.29) is 17.8 Å². The lowest BCUT2D eigenvalue weighted by molar-refractivity contribution is 0.0955. The molecule has 8 nitrogen and oxygen atoms in total. The molecule has 4 rings (SSSR count). The highest BCUT2D eigenvalue weighted by molar-refractivity contribution is 6.17. The smallest absolute Gasteiger partial charge is 0.256 e. The van der Waals surface area contributed by atoms with Crippen LogP contribution < -0.4 is 10.1 Å². The standard InChI is InChI=1S/C21H24ClFN6O2/c1-31-21-16(10-14(23)11-25-21)18-4-2-8-28(18)13-15-5-9-29-19(27-15)17(12-26-29)20(30)24-7-3-6-22/h5,9-12,18H,2-4,6-8,13H2,1H3,(H,24,30). The molecule has 1 aliphatic rings. The van der Waals surface area contributed by atoms with Gasteiger partial charge >= 0.3 is 0 Å². The number of hydrogen-bond acceptors (Lipinski definition) is 6. The minimum Gasteiger partial charge on any atom is -0.481 e. The Labute approximate surface area is 184 Å². The van der Waals surface area contributed by atoms with Crippen molar-refractivity contribution in [1.82, 2.24) is 29.8 Å². The average molecular weight is 447 g/mol. The van der Waals surface area contributed by atoms with Gasteiger partial charge in [-0.1, -0.05) is 0 Å². The molecule has 1 N–H and O–H groups in total. The van der Waals surface area contributed by atoms with E-state index < -0.39 is 0 Å². The Morgan fingerprint density at radius 3 is 3.10 bits per heavy atom. The highest BCUT2D eigenvalue weighted by Gasteiger charge is 2.30. The van der Waals surface area contributed by atoms with Crippen LogP contribution in [0.3, 0.4) is 0 Å². The molecule has 1 atom stereocenters. The fourth-order valence-corrected chi connectivity index (χ4v) is 4.08. The zero-order valence-corrected chi connectivity index (χ0v) is 18.0. The molecule has 3 aromatic heterocycles. The molecule has 0 saturated carbocycles. The lowest BCUT2D eigenvalue weighted by Gasteiger charge is -2.25. The van der Waals surface area contributed by atoms with Crippen molar-refractivity contribution in [1.29, 1.82) is 0 Å². The topological polar surface area (TPSA) is 84.6 Å². The summed E-state index contributed by atoms with van der Waals surface area (Å²) in [6.07, 6.45) is 7.03. The van der Waals surface area contributed by atoms with Gasteiger partial charge < -0.3 is 10.1 Å². The summed E-state index contributed by atoms with van der Waals surface area (Å²) in [5, 5.41) is 7.06. The van der Waals surface area contributed by atoms with Gasteiger partial charge in [-0.2, -0.15) is 5.10 Å². The molecule has 1 unspecified atom stereocenters. The maximum absolute atomic E-state index is 13.9. The maximum atomic E-state index is 13.9. The van der Waals surface area contributed by atoms with Gasteiger partial charge in [0, 0.05) is 36.8 Å². The number of methoxy groups -OCH3 is 1. The number of ether oxygens (including phenoxy) is 1. The predicted octanol–water partition coefficient (Wildman–Crippen LogP) is 2.97. The molecular formula is C21H24ClFN6O2. The fraction of sp³-hybridized carbons (Fsp3) is 0.429. The number of nitrogens with zero attached hydrogens (tertiary/aromatic N) is 5. The summed E-state index contributed by atoms with van der Waals surface area (Å²) in [5.41, 5.74) is 2.47. The van der Waals surface area contributed by atoms with E-state index in [0.29, 0.717) is 42.5 Å². The first-order valence-corrected chi connectivity index (χ1v) is 10.7. The second kappa shape index (κ2) is 9.57. The zero-order valence-electron chi connectivity index (χ0n) is 17.2. The minimum absolute atomic E-state index is 0.0144. The third-order valence-corrected chi connectivity index (χ3v) is 5.66. The first-order chi connectivity index (χ1) is 15.1. The van der Waals surface area contributed by atoms with Crippen molar-refractivity contribution in [3.05, 3.63) is 53.4 Å². The van der Waals surface area contributed by atoms with Gasteiger partial charge in [0.05, 0.1) is 25.2 Å². The van der Waals surface area contributed by atoms with E-state index in [1.807, 2.05) is 6.07 Å². The summed E-state index contributed by atoms with van der Waals surface area (Å²) in [5.74, 6) is 0.319. The van der Waals surface area contributed by atoms with Crippen LogP contribution in [-0.2, 0) is 6.54 Å². The second-order valence-electron chi connectivity index (χ2n) is 7.42. The van der Waals surface area contributed by atoms with Gasteiger partial charge in [-0.15, -0.1) is 11.6 Å². The minimum atomic E-state index is -0.383. The molecule has 3 aromatic rings. The second-order valence-corrected chi connectivity index (χ2v) is 7.80. The highest BCUT2D eigenvalue weighted by Crippen LogP contribution is 2.37. The van der Waals surface area contributed by atoms with Gasteiger partial charge in [0.2, 0.25) is 5.88 Å². The average Bonchev–Trinajstić information content (AvgIpc) is 3.40. The first kappa shape index (κ1) is 21.5. The van der Waals surface area contributed by atoms with Crippen molar-refractivity contribution in [3.63, 3.8) is 0 Å². The number of aromatic nitrogens is 4. The fourth-order valence-electron chi connectivity index (χ4n) is 3.95. The predicted molar refractivity (Wildman–Crippen MR) is 114 cm³/mol. The van der Waals surface area contributed by atoms with Crippen LogP contribution in [0.1, 0.15) is 46.9 Å². The molecule has 0 aromatic carbocycles. The number of hydrogen-bond donors (Lipinski definition) is 1. The molecule has 10 heteroatoms. The number of halogens is 2. The normalized spacial score (nSPS) is 16.7. The number of carbonyl (C=O) groups excluding carboxylic acids is 1. The molecule has 1 amide bonds. The molecule has 1 saturated heterocycles. The van der Waals surface area contributed by atoms with Crippen LogP contribution in [0.5, 0.6) is 5.88 Å². The highest BCUT2D eigenvalue weighted by atomic mass is 35.5. The van der Waals surface area contributed by atoms with E-state index in [4.69, 9.17) is 16.3 Å². The molecule has 1 aliphatic heterocycles. The summed E-state index contributed by atoms with van der Waals surface area (Å²) >= 11 is 5.67. The Morgan fingerprint density at radius 2 is 2.29 bits per heavy atom. The quantitative estimate of drug-likeness (QED) is 0.423. The lowest BCUT2D eigenvalue weighted by Crippen LogP contribution is -2.25. The van der Waals surface area contributed by atoms with Crippen molar-refractivity contribution in [2.24, 2.45) is 0 Å². The molecule has 0 spiro atoms. The summed E-state index contributed by atoms with van der Waals surface area (Å²) in [6.45, 7) is 1.90. The van der Waals surface area contributed by atoms with E-state index in [9.17, 15) is 9.18 Å². The Hall–Kier alpha value is -2.78. The number of alkyl halides is 1. The van der Waals surface area contributed by atoms with Crippen molar-refractivity contribution in [2.45, 2.75) is 31.8 Å². The van der Waals surface area contributed by atoms with Gasteiger partial charge in [0.15, 0.2) is 5.65 Å². The Kier molecular flexibility index (Phi) is 6.62. The number of carbonyl (C=O) groups is 1. The third-order valence-electron chi connectivity index (χ3n) is 5.39. The van der Waals surface area contributed by atoms with Crippen LogP contribution in [0.25, 0.3) is 5.65 Å². The summed E-state index contributed by atoms with van der Waals surface area (Å²) in [6, 6.07) is 3.36. The first-order valence-electron chi connectivity index (χ1n) is 10.2. The van der Waals surface area contributed by atoms with Gasteiger partial charge in [-0.05, 0) is 37.9 Å². The van der Waals surface area contributed by atoms with E-state index in [1.54, 1.807) is 10.7 Å². The van der Waals surface area contributed by atoms with Crippen molar-refractivity contribution in [2.75, 3.05) is 26.1 Å². The molecule has 0 bridgehead atoms. The van der Waals surface area contributed by atoms with Crippen molar-refractivity contribution >= 4 is 23.2 Å². The summed E-state index contributed by atoms with van der Waals surface area (Å²) < 4.78 is 20.8. The molecule has 0 radical (unpaired) electrons. The van der Waals surface area contributed by atoms with Crippen LogP contribution in [0, 0.1) is 5.82 Å². The van der Waals surface area contributed by atoms with Crippen LogP contribution in [0.2, 0.25) is 0 Å². The number of pyridine rings is 1. The SMILES string of the molecule is COc1ncc(F)cc1C1CCCN1Cc1ccn2ncc(C(=O)NCCCCl)c2n1. The zero-order chi connectivity index (χ0) is 21.8. The summed E-state index contributed by atoms with van der Waals surface area (Å²) in [4.78, 5) is 23.5. The Morgan fingerprint density at radius 1 is 1.42 bits per heavy atom. The van der Waals surface area contributed by atoms with Gasteiger partial charge in [-0.3, -0.25) is 9.69 Å². The lowest BCUT2D eigenvalue weighted by atomic mass is 10.1. The van der Waals surface area contributed by atoms with E-state index in [2.05, 4.69) is 25.3 Å². The number of amides is 1. The maximum Gasteiger partial charge on any atom is 0.256 e.